The van der Waals surface area contributed by atoms with E-state index < -0.39 is 214 Å². The van der Waals surface area contributed by atoms with Crippen LogP contribution in [0.15, 0.2) is 0 Å². The van der Waals surface area contributed by atoms with Crippen LogP contribution in [0.25, 0.3) is 0 Å². The van der Waals surface area contributed by atoms with Gasteiger partial charge in [0.25, 0.3) is 5.97 Å². The molecule has 39 nitrogen and oxygen atoms in total. The first-order valence-electron chi connectivity index (χ1n) is 29.5. The van der Waals surface area contributed by atoms with E-state index in [9.17, 15) is 70.2 Å². The van der Waals surface area contributed by atoms with Crippen LogP contribution in [-0.2, 0) is 80.8 Å². The lowest BCUT2D eigenvalue weighted by atomic mass is 9.84. The summed E-state index contributed by atoms with van der Waals surface area (Å²) in [6, 6.07) is -6.90. The number of nitrogens with two attached hydrogens (primary N) is 9. The number of carbonyl (C=O) groups excluding carboxylic acids is 3. The Labute approximate surface area is 553 Å². The Morgan fingerprint density at radius 2 is 0.768 bits per heavy atom. The molecule has 6 aliphatic rings. The van der Waals surface area contributed by atoms with E-state index >= 15 is 0 Å². The minimum absolute atomic E-state index is 0. The quantitative estimate of drug-likeness (QED) is 0.0298. The van der Waals surface area contributed by atoms with Gasteiger partial charge < -0.3 is 175 Å². The molecule has 12 unspecified atom stereocenters. The minimum Gasteiger partial charge on any atom is -0.481 e. The number of methoxy groups -OCH3 is 2. The molecule has 1 amide bonds. The summed E-state index contributed by atoms with van der Waals surface area (Å²) >= 11 is 0. The molecule has 2 aliphatic carbocycles. The molecule has 28 atom stereocenters. The van der Waals surface area contributed by atoms with Crippen LogP contribution in [-0.4, -0.2) is 329 Å². The summed E-state index contributed by atoms with van der Waals surface area (Å²) in [6.45, 7) is 0.706. The topological polar surface area (TPSA) is 685 Å². The van der Waals surface area contributed by atoms with Crippen LogP contribution in [0.1, 0.15) is 88.0 Å². The second-order valence-corrected chi connectivity index (χ2v) is 22.5. The predicted octanol–water partition coefficient (Wildman–Crippen LogP) is -9.79. The first-order valence-corrected chi connectivity index (χ1v) is 29.5. The molecule has 4 aliphatic heterocycles. The maximum atomic E-state index is 12.2. The molecule has 0 bridgehead atoms. The highest BCUT2D eigenvalue weighted by Crippen LogP contribution is 2.33. The van der Waals surface area contributed by atoms with Gasteiger partial charge in [-0.2, -0.15) is 0 Å². The van der Waals surface area contributed by atoms with Crippen LogP contribution < -0.4 is 56.9 Å². The fourth-order valence-corrected chi connectivity index (χ4v) is 10.2. The fraction of sp³-hybridized carbons (Fsp3) is 0.911. The number of rotatable bonds is 25. The predicted molar refractivity (Wildman–Crippen MR) is 333 cm³/mol. The Bertz CT molecular complexity index is 2140. The number of carboxylic acid groups (broad SMARTS) is 2. The number of esters is 2. The highest BCUT2D eigenvalue weighted by molar-refractivity contribution is 5.81. The minimum atomic E-state index is -1.50. The number of carboxylic acids is 2. The van der Waals surface area contributed by atoms with Gasteiger partial charge in [-0.1, -0.05) is 29.7 Å². The number of hydrogen-bond donors (Lipinski definition) is 22. The van der Waals surface area contributed by atoms with Crippen molar-refractivity contribution >= 4 is 29.8 Å². The summed E-state index contributed by atoms with van der Waals surface area (Å²) in [5, 5.41) is 121. The lowest BCUT2D eigenvalue weighted by molar-refractivity contribution is -0.315. The van der Waals surface area contributed by atoms with Gasteiger partial charge in [-0.05, 0) is 25.7 Å². The Morgan fingerprint density at radius 1 is 0.442 bits per heavy atom. The van der Waals surface area contributed by atoms with Crippen molar-refractivity contribution in [1.82, 2.24) is 5.32 Å². The second-order valence-electron chi connectivity index (χ2n) is 22.5. The van der Waals surface area contributed by atoms with E-state index in [-0.39, 0.29) is 114 Å². The van der Waals surface area contributed by atoms with Gasteiger partial charge in [0.1, 0.15) is 92.6 Å². The average Bonchev–Trinajstić information content (AvgIpc) is 0.817. The van der Waals surface area contributed by atoms with Gasteiger partial charge in [-0.3, -0.25) is 24.0 Å². The average molecular weight is 1390 g/mol. The number of aliphatic hydroxyl groups is 10. The molecule has 2 saturated carbocycles. The molecule has 95 heavy (non-hydrogen) atoms. The van der Waals surface area contributed by atoms with Crippen LogP contribution in [0.2, 0.25) is 0 Å². The summed E-state index contributed by atoms with van der Waals surface area (Å²) in [5.41, 5.74) is 54.2. The highest BCUT2D eigenvalue weighted by Gasteiger charge is 2.53. The Morgan fingerprint density at radius 3 is 1.11 bits per heavy atom. The summed E-state index contributed by atoms with van der Waals surface area (Å²) in [7, 11) is 2.96. The molecular formula is C56H116N10O29. The van der Waals surface area contributed by atoms with E-state index in [1.807, 2.05) is 0 Å². The van der Waals surface area contributed by atoms with Crippen molar-refractivity contribution in [2.45, 2.75) is 259 Å². The van der Waals surface area contributed by atoms with Crippen LogP contribution in [0, 0.1) is 0 Å². The molecule has 6 fully saturated rings. The number of hydrogen-bond acceptors (Lipinski definition) is 36. The zero-order valence-electron chi connectivity index (χ0n) is 51.0. The van der Waals surface area contributed by atoms with E-state index in [1.54, 1.807) is 0 Å². The fourth-order valence-electron chi connectivity index (χ4n) is 10.2. The zero-order chi connectivity index (χ0) is 68.6. The number of carbonyl (C=O) groups is 5. The van der Waals surface area contributed by atoms with Gasteiger partial charge in [0.05, 0.1) is 88.2 Å². The number of nitrogens with one attached hydrogen (secondary N) is 1. The second kappa shape index (κ2) is 46.5. The maximum Gasteiger partial charge on any atom is 0.306 e. The molecule has 0 spiro atoms. The Kier molecular flexibility index (Phi) is 45.7. The first-order chi connectivity index (χ1) is 42.8. The number of aliphatic hydroxyl groups excluding tert-OH is 10. The lowest BCUT2D eigenvalue weighted by Crippen LogP contribution is -2.68. The van der Waals surface area contributed by atoms with Gasteiger partial charge in [0.2, 0.25) is 5.91 Å². The number of ether oxygens (including phenoxy) is 12. The molecule has 31 N–H and O–H groups in total. The molecule has 0 aromatic rings. The van der Waals surface area contributed by atoms with Crippen LogP contribution in [0.3, 0.4) is 0 Å². The van der Waals surface area contributed by atoms with Crippen molar-refractivity contribution in [3.63, 3.8) is 0 Å². The number of amides is 1. The Balaban J connectivity index is 0. The molecule has 0 radical (unpaired) electrons. The summed E-state index contributed by atoms with van der Waals surface area (Å²) < 4.78 is 64.7. The molecule has 0 aromatic heterocycles. The molecule has 39 heteroatoms. The molecule has 564 valence electrons. The van der Waals surface area contributed by atoms with Gasteiger partial charge in [-0.25, -0.2) is 0 Å². The van der Waals surface area contributed by atoms with Gasteiger partial charge in [0.15, 0.2) is 25.2 Å². The van der Waals surface area contributed by atoms with E-state index in [1.165, 1.54) is 14.2 Å². The van der Waals surface area contributed by atoms with Crippen molar-refractivity contribution in [1.29, 1.82) is 0 Å². The molecule has 0 aromatic carbocycles. The summed E-state index contributed by atoms with van der Waals surface area (Å²) in [4.78, 5) is 53.6. The van der Waals surface area contributed by atoms with Crippen LogP contribution in [0.4, 0.5) is 0 Å². The van der Waals surface area contributed by atoms with Gasteiger partial charge in [-0.15, -0.1) is 0 Å². The number of aliphatic carboxylic acids is 2. The maximum absolute atomic E-state index is 12.2. The van der Waals surface area contributed by atoms with Gasteiger partial charge in [0, 0.05) is 64.8 Å². The normalized spacial score (nSPS) is 38.2. The SMILES string of the molecule is C.C.C.C.CC(=O)O.COCCOC(=O)CCC(=O)NCC1O[C@H](O[C@@H]2C(N)C[C@@H](N)C(OC3O[C@H](CO)C(O)[C@@H](N)[C@H]3O)[C@H]2O)C(N)C[C@@H]1O.COCCOC(=O)CCC(=O)O.NCC1O[C@H](O[C@@H]2C(N)C[C@@H](N)C(OC3O[C@H](CO)C(O)[C@@H](N)[C@H]3O)[C@H]2O)C(N)C[C@@H]1O. The summed E-state index contributed by atoms with van der Waals surface area (Å²) in [5.74, 6) is -3.36. The molecular weight excluding hydrogens is 1280 g/mol. The van der Waals surface area contributed by atoms with Crippen molar-refractivity contribution in [3.05, 3.63) is 0 Å². The molecule has 4 heterocycles. The van der Waals surface area contributed by atoms with Crippen LogP contribution in [0.5, 0.6) is 0 Å². The Hall–Kier alpha value is -3.81. The molecule has 6 rings (SSSR count). The third-order valence-corrected chi connectivity index (χ3v) is 15.3. The summed E-state index contributed by atoms with van der Waals surface area (Å²) in [6.07, 6.45) is -23.5. The third-order valence-electron chi connectivity index (χ3n) is 15.3. The lowest BCUT2D eigenvalue weighted by Gasteiger charge is -2.47. The standard InChI is InChI=1S/C25H47N5O13.C18H37N5O9.C7H12O5.C2H4O2.4CH4/c1-38-4-5-39-17(34)3-2-16(33)30-8-14-13(32)7-12(28)24(40-14)42-22-10(26)6-11(27)23(21(22)37)43-25-20(36)18(29)19(35)15(9-31)41-25;19-3-9-8(25)2-7(22)17(29-9)31-15-5(20)1-6(21)16(14(15)28)32-18-13(27)11(23)12(26)10(4-24)30-18;1-11-4-5-12-7(10)3-2-6(8)9;1-2(3)4;;;;/h10-15,18-25,31-32,35-37H,2-9,26-29H2,1H3,(H,30,33);5-18,24-28H,1-4,19-23H2;2-5H2,1H3,(H,8,9);1H3,(H,3,4);4*1H4/t10?,11-,12?,13+,14?,15-,18-,19?,20-,21+,22-,23?,24-,25?;5?,6-,7?,8+,9?,10-,11-,12?,13-,14+,15-,16?,17-,18?;;;;;;/m11....../s1. The largest absolute Gasteiger partial charge is 0.481 e. The van der Waals surface area contributed by atoms with Crippen molar-refractivity contribution in [2.24, 2.45) is 51.6 Å². The van der Waals surface area contributed by atoms with Crippen molar-refractivity contribution in [3.8, 4) is 0 Å². The van der Waals surface area contributed by atoms with E-state index in [4.69, 9.17) is 114 Å². The molecule has 4 saturated heterocycles. The monoisotopic (exact) mass is 1390 g/mol. The van der Waals surface area contributed by atoms with Crippen molar-refractivity contribution < 1.29 is 142 Å². The smallest absolute Gasteiger partial charge is 0.306 e. The van der Waals surface area contributed by atoms with Gasteiger partial charge >= 0.3 is 17.9 Å². The highest BCUT2D eigenvalue weighted by atomic mass is 16.7. The van der Waals surface area contributed by atoms with E-state index in [0.717, 1.165) is 6.92 Å². The third kappa shape index (κ3) is 29.1. The zero-order valence-corrected chi connectivity index (χ0v) is 51.0. The van der Waals surface area contributed by atoms with E-state index in [2.05, 4.69) is 14.8 Å². The van der Waals surface area contributed by atoms with Crippen molar-refractivity contribution in [2.75, 3.05) is 67.0 Å². The van der Waals surface area contributed by atoms with Crippen LogP contribution >= 0.6 is 0 Å². The first kappa shape index (κ1) is 93.2. The van der Waals surface area contributed by atoms with E-state index in [0.29, 0.717) is 6.61 Å².